The van der Waals surface area contributed by atoms with Crippen molar-refractivity contribution in [3.63, 3.8) is 0 Å². The molecule has 136 valence electrons. The van der Waals surface area contributed by atoms with Gasteiger partial charge >= 0.3 is 0 Å². The topological polar surface area (TPSA) is 42.0 Å². The van der Waals surface area contributed by atoms with Crippen LogP contribution in [0.4, 0.5) is 5.69 Å². The van der Waals surface area contributed by atoms with Crippen LogP contribution in [0.1, 0.15) is 24.6 Å². The van der Waals surface area contributed by atoms with Crippen LogP contribution in [0.25, 0.3) is 0 Å². The number of carbonyl (C=O) groups is 1. The lowest BCUT2D eigenvalue weighted by Crippen LogP contribution is -2.32. The first-order valence-electron chi connectivity index (χ1n) is 8.70. The molecule has 2 aliphatic rings. The summed E-state index contributed by atoms with van der Waals surface area (Å²) in [6, 6.07) is 13.3. The number of benzene rings is 2. The number of ether oxygens (including phenoxy) is 2. The maximum atomic E-state index is 13.1. The molecular weight excluding hydrogens is 352 g/mol. The van der Waals surface area contributed by atoms with E-state index in [1.165, 1.54) is 0 Å². The zero-order chi connectivity index (χ0) is 18.3. The second-order valence-corrected chi connectivity index (χ2v) is 6.98. The van der Waals surface area contributed by atoms with Crippen molar-refractivity contribution in [2.75, 3.05) is 25.7 Å². The minimum atomic E-state index is -0.134. The van der Waals surface area contributed by atoms with E-state index in [1.807, 2.05) is 35.2 Å². The fourth-order valence-electron chi connectivity index (χ4n) is 3.97. The molecule has 26 heavy (non-hydrogen) atoms. The van der Waals surface area contributed by atoms with Gasteiger partial charge < -0.3 is 9.47 Å². The highest BCUT2D eigenvalue weighted by Gasteiger charge is 2.49. The van der Waals surface area contributed by atoms with E-state index in [-0.39, 0.29) is 18.1 Å². The Balaban J connectivity index is 1.77. The standard InChI is InChI=1S/C20H21ClN2O3/c1-25-15-8-5-13(6-9-15)19-22-11-3-4-17(22)20(24)23(19)14-7-10-18(26-2)16(21)12-14/h5-10,12,17,19H,3-4,11H2,1-2H3/t17-,19+/m0/s1. The number of halogens is 1. The van der Waals surface area contributed by atoms with Crippen LogP contribution in [0.2, 0.25) is 5.02 Å². The minimum Gasteiger partial charge on any atom is -0.497 e. The summed E-state index contributed by atoms with van der Waals surface area (Å²) in [6.45, 7) is 0.910. The molecule has 2 atom stereocenters. The second-order valence-electron chi connectivity index (χ2n) is 6.57. The SMILES string of the molecule is COc1ccc([C@H]2N(c3ccc(OC)c(Cl)c3)C(=O)[C@@H]3CCCN32)cc1. The molecule has 0 radical (unpaired) electrons. The van der Waals surface area contributed by atoms with E-state index in [1.54, 1.807) is 26.4 Å². The monoisotopic (exact) mass is 372 g/mol. The molecule has 2 aliphatic heterocycles. The maximum absolute atomic E-state index is 13.1. The van der Waals surface area contributed by atoms with Crippen LogP contribution in [0.5, 0.6) is 11.5 Å². The first-order valence-corrected chi connectivity index (χ1v) is 9.08. The number of amides is 1. The number of anilines is 1. The van der Waals surface area contributed by atoms with Crippen molar-refractivity contribution < 1.29 is 14.3 Å². The zero-order valence-electron chi connectivity index (χ0n) is 14.8. The predicted octanol–water partition coefficient (Wildman–Crippen LogP) is 3.87. The first kappa shape index (κ1) is 17.2. The molecule has 0 unspecified atom stereocenters. The van der Waals surface area contributed by atoms with Crippen molar-refractivity contribution in [2.24, 2.45) is 0 Å². The Labute approximate surface area is 158 Å². The number of hydrogen-bond acceptors (Lipinski definition) is 4. The molecule has 0 saturated carbocycles. The molecule has 0 aromatic heterocycles. The molecule has 4 rings (SSSR count). The van der Waals surface area contributed by atoms with Crippen molar-refractivity contribution in [2.45, 2.75) is 25.0 Å². The van der Waals surface area contributed by atoms with Crippen LogP contribution in [0.3, 0.4) is 0 Å². The number of rotatable bonds is 4. The lowest BCUT2D eigenvalue weighted by Gasteiger charge is -2.30. The van der Waals surface area contributed by atoms with Crippen LogP contribution >= 0.6 is 11.6 Å². The second kappa shape index (κ2) is 6.82. The van der Waals surface area contributed by atoms with E-state index in [2.05, 4.69) is 4.90 Å². The van der Waals surface area contributed by atoms with E-state index in [9.17, 15) is 4.79 Å². The fourth-order valence-corrected chi connectivity index (χ4v) is 4.22. The van der Waals surface area contributed by atoms with Gasteiger partial charge in [0.25, 0.3) is 0 Å². The third kappa shape index (κ3) is 2.72. The Morgan fingerprint density at radius 2 is 1.85 bits per heavy atom. The number of fused-ring (bicyclic) bond motifs is 1. The quantitative estimate of drug-likeness (QED) is 0.817. The van der Waals surface area contributed by atoms with Crippen LogP contribution in [-0.4, -0.2) is 37.6 Å². The van der Waals surface area contributed by atoms with Crippen LogP contribution < -0.4 is 14.4 Å². The molecule has 2 aromatic carbocycles. The predicted molar refractivity (Wildman–Crippen MR) is 101 cm³/mol. The molecular formula is C20H21ClN2O3. The molecule has 1 amide bonds. The summed E-state index contributed by atoms with van der Waals surface area (Å²) in [6.07, 6.45) is 1.80. The Bertz CT molecular complexity index is 824. The molecule has 2 heterocycles. The average molecular weight is 373 g/mol. The van der Waals surface area contributed by atoms with Crippen molar-refractivity contribution in [3.05, 3.63) is 53.1 Å². The molecule has 0 N–H and O–H groups in total. The smallest absolute Gasteiger partial charge is 0.246 e. The van der Waals surface area contributed by atoms with E-state index >= 15 is 0 Å². The molecule has 0 bridgehead atoms. The third-order valence-electron chi connectivity index (χ3n) is 5.20. The van der Waals surface area contributed by atoms with Crippen LogP contribution in [0, 0.1) is 0 Å². The highest BCUT2D eigenvalue weighted by molar-refractivity contribution is 6.32. The molecule has 0 aliphatic carbocycles. The summed E-state index contributed by atoms with van der Waals surface area (Å²) in [5.41, 5.74) is 1.85. The Kier molecular flexibility index (Phi) is 4.51. The van der Waals surface area contributed by atoms with Gasteiger partial charge in [0.15, 0.2) is 0 Å². The summed E-state index contributed by atoms with van der Waals surface area (Å²) < 4.78 is 10.5. The van der Waals surface area contributed by atoms with Gasteiger partial charge in [-0.15, -0.1) is 0 Å². The Hall–Kier alpha value is -2.24. The van der Waals surface area contributed by atoms with Gasteiger partial charge in [-0.2, -0.15) is 0 Å². The molecule has 6 heteroatoms. The van der Waals surface area contributed by atoms with Crippen molar-refractivity contribution in [1.29, 1.82) is 0 Å². The number of nitrogens with zero attached hydrogens (tertiary/aromatic N) is 2. The van der Waals surface area contributed by atoms with E-state index < -0.39 is 0 Å². The highest BCUT2D eigenvalue weighted by Crippen LogP contribution is 2.43. The van der Waals surface area contributed by atoms with Gasteiger partial charge in [0, 0.05) is 12.2 Å². The Morgan fingerprint density at radius 3 is 2.50 bits per heavy atom. The summed E-state index contributed by atoms with van der Waals surface area (Å²) in [4.78, 5) is 17.3. The van der Waals surface area contributed by atoms with Crippen LogP contribution in [-0.2, 0) is 4.79 Å². The molecule has 2 fully saturated rings. The van der Waals surface area contributed by atoms with Gasteiger partial charge in [0.05, 0.1) is 25.3 Å². The Morgan fingerprint density at radius 1 is 1.08 bits per heavy atom. The third-order valence-corrected chi connectivity index (χ3v) is 5.50. The van der Waals surface area contributed by atoms with Gasteiger partial charge in [-0.25, -0.2) is 0 Å². The van der Waals surface area contributed by atoms with Gasteiger partial charge in [-0.1, -0.05) is 23.7 Å². The fraction of sp³-hybridized carbons (Fsp3) is 0.350. The van der Waals surface area contributed by atoms with Crippen molar-refractivity contribution in [3.8, 4) is 11.5 Å². The summed E-state index contributed by atoms with van der Waals surface area (Å²) in [5, 5.41) is 0.498. The zero-order valence-corrected chi connectivity index (χ0v) is 15.6. The summed E-state index contributed by atoms with van der Waals surface area (Å²) >= 11 is 6.32. The van der Waals surface area contributed by atoms with Gasteiger partial charge in [0.2, 0.25) is 5.91 Å². The largest absolute Gasteiger partial charge is 0.497 e. The molecule has 0 spiro atoms. The number of hydrogen-bond donors (Lipinski definition) is 0. The number of methoxy groups -OCH3 is 2. The first-order chi connectivity index (χ1) is 12.6. The summed E-state index contributed by atoms with van der Waals surface area (Å²) in [7, 11) is 3.23. The minimum absolute atomic E-state index is 0.0667. The lowest BCUT2D eigenvalue weighted by molar-refractivity contribution is -0.119. The van der Waals surface area contributed by atoms with E-state index in [4.69, 9.17) is 21.1 Å². The average Bonchev–Trinajstić information content (AvgIpc) is 3.24. The number of carbonyl (C=O) groups excluding carboxylic acids is 1. The maximum Gasteiger partial charge on any atom is 0.246 e. The van der Waals surface area contributed by atoms with E-state index in [0.717, 1.165) is 36.4 Å². The van der Waals surface area contributed by atoms with Crippen molar-refractivity contribution >= 4 is 23.2 Å². The van der Waals surface area contributed by atoms with Gasteiger partial charge in [0.1, 0.15) is 17.7 Å². The molecule has 5 nitrogen and oxygen atoms in total. The molecule has 2 aromatic rings. The normalized spacial score (nSPS) is 22.6. The van der Waals surface area contributed by atoms with Crippen LogP contribution in [0.15, 0.2) is 42.5 Å². The summed E-state index contributed by atoms with van der Waals surface area (Å²) in [5.74, 6) is 1.53. The van der Waals surface area contributed by atoms with E-state index in [0.29, 0.717) is 10.8 Å². The highest BCUT2D eigenvalue weighted by atomic mass is 35.5. The molecule has 2 saturated heterocycles. The lowest BCUT2D eigenvalue weighted by atomic mass is 10.1. The van der Waals surface area contributed by atoms with Gasteiger partial charge in [-0.05, 0) is 48.7 Å². The van der Waals surface area contributed by atoms with Crippen molar-refractivity contribution in [1.82, 2.24) is 4.90 Å². The van der Waals surface area contributed by atoms with Gasteiger partial charge in [-0.3, -0.25) is 14.6 Å².